The van der Waals surface area contributed by atoms with Gasteiger partial charge in [-0.1, -0.05) is 284 Å². The van der Waals surface area contributed by atoms with Crippen LogP contribution in [0.5, 0.6) is 0 Å². The molecular weight excluding hydrogens is 949 g/mol. The van der Waals surface area contributed by atoms with E-state index in [0.29, 0.717) is 12.8 Å². The fourth-order valence-electron chi connectivity index (χ4n) is 8.74. The highest BCUT2D eigenvalue weighted by molar-refractivity contribution is 5.72. The molecule has 0 aliphatic rings. The molecule has 6 nitrogen and oxygen atoms in total. The second-order valence-corrected chi connectivity index (χ2v) is 20.9. The summed E-state index contributed by atoms with van der Waals surface area (Å²) in [5.41, 5.74) is 0. The Bertz CT molecular complexity index is 1600. The van der Waals surface area contributed by atoms with Crippen LogP contribution in [0.2, 0.25) is 0 Å². The first-order chi connectivity index (χ1) is 38.0. The van der Waals surface area contributed by atoms with Crippen molar-refractivity contribution in [1.29, 1.82) is 0 Å². The summed E-state index contributed by atoms with van der Waals surface area (Å²) in [6, 6.07) is 0. The maximum absolute atomic E-state index is 12.8. The van der Waals surface area contributed by atoms with Crippen LogP contribution in [0.4, 0.5) is 0 Å². The molecule has 0 saturated carbocycles. The molecule has 0 bridgehead atoms. The van der Waals surface area contributed by atoms with Gasteiger partial charge in [0, 0.05) is 12.8 Å². The summed E-state index contributed by atoms with van der Waals surface area (Å²) in [6.45, 7) is 6.33. The van der Waals surface area contributed by atoms with Crippen LogP contribution in [0.1, 0.15) is 290 Å². The lowest BCUT2D eigenvalue weighted by Gasteiger charge is -2.18. The molecule has 1 unspecified atom stereocenters. The van der Waals surface area contributed by atoms with Gasteiger partial charge in [0.1, 0.15) is 13.2 Å². The Morgan fingerprint density at radius 1 is 0.286 bits per heavy atom. The molecule has 0 fully saturated rings. The summed E-state index contributed by atoms with van der Waals surface area (Å²) in [4.78, 5) is 38.2. The standard InChI is InChI=1S/C71H118O6/c1-4-7-10-13-16-19-22-25-28-29-30-31-32-33-34-35-36-37-38-39-40-41-44-46-49-52-55-58-61-64-70(73)76-67-68(77-71(74)65-62-59-56-53-50-47-43-27-24-21-18-15-12-9-6-3)66-75-69(72)63-60-57-54-51-48-45-42-26-23-20-17-14-11-8-5-2/h7,9-10,12,16,18-19,21,25-28,30-31,42-43,50,53,59,62,68H,4-6,8,11,13-15,17,20,22-24,29,32-41,44-49,51-52,54-58,60-61,63-67H2,1-3H3/b10-7-,12-9-,19-16-,21-18-,28-25-,31-30-,42-26-,43-27-,53-50-,62-59-. The van der Waals surface area contributed by atoms with Gasteiger partial charge in [-0.05, 0) is 109 Å². The van der Waals surface area contributed by atoms with Crippen molar-refractivity contribution in [2.45, 2.75) is 297 Å². The van der Waals surface area contributed by atoms with E-state index >= 15 is 0 Å². The summed E-state index contributed by atoms with van der Waals surface area (Å²) >= 11 is 0. The molecule has 0 aliphatic heterocycles. The number of hydrogen-bond acceptors (Lipinski definition) is 6. The van der Waals surface area contributed by atoms with Gasteiger partial charge < -0.3 is 14.2 Å². The molecule has 0 amide bonds. The largest absolute Gasteiger partial charge is 0.462 e. The molecule has 0 aromatic carbocycles. The van der Waals surface area contributed by atoms with Gasteiger partial charge >= 0.3 is 17.9 Å². The van der Waals surface area contributed by atoms with E-state index in [1.165, 1.54) is 141 Å². The maximum atomic E-state index is 12.8. The monoisotopic (exact) mass is 1070 g/mol. The van der Waals surface area contributed by atoms with Gasteiger partial charge in [0.15, 0.2) is 6.10 Å². The predicted octanol–water partition coefficient (Wildman–Crippen LogP) is 22.0. The first-order valence-electron chi connectivity index (χ1n) is 32.0. The average Bonchev–Trinajstić information content (AvgIpc) is 3.43. The highest BCUT2D eigenvalue weighted by Crippen LogP contribution is 2.16. The lowest BCUT2D eigenvalue weighted by Crippen LogP contribution is -2.30. The van der Waals surface area contributed by atoms with Crippen molar-refractivity contribution in [3.05, 3.63) is 122 Å². The van der Waals surface area contributed by atoms with E-state index in [2.05, 4.69) is 130 Å². The fraction of sp³-hybridized carbons (Fsp3) is 0.676. The molecule has 0 spiro atoms. The molecule has 1 atom stereocenters. The molecule has 0 radical (unpaired) electrons. The van der Waals surface area contributed by atoms with E-state index in [1.807, 2.05) is 6.08 Å². The van der Waals surface area contributed by atoms with E-state index in [4.69, 9.17) is 14.2 Å². The number of carbonyl (C=O) groups excluding carboxylic acids is 3. The summed E-state index contributed by atoms with van der Waals surface area (Å²) in [5, 5.41) is 0. The van der Waals surface area contributed by atoms with Crippen LogP contribution >= 0.6 is 0 Å². The quantitative estimate of drug-likeness (QED) is 0.0261. The highest BCUT2D eigenvalue weighted by Gasteiger charge is 2.19. The molecule has 77 heavy (non-hydrogen) atoms. The SMILES string of the molecule is CC/C=C\C/C=C\C/C=C\C/C=C\C/C=C\CC(=O)OC(COC(=O)CCCCCCC/C=C\CCCCCCCC)COC(=O)CCCCCCCCCCCCCCCCCC/C=C\C/C=C\C/C=C\C/C=C\CC. The second kappa shape index (κ2) is 64.3. The third-order valence-electron chi connectivity index (χ3n) is 13.5. The van der Waals surface area contributed by atoms with Crippen LogP contribution in [0.15, 0.2) is 122 Å². The van der Waals surface area contributed by atoms with Crippen molar-refractivity contribution in [2.24, 2.45) is 0 Å². The van der Waals surface area contributed by atoms with E-state index in [1.54, 1.807) is 6.08 Å². The molecule has 0 N–H and O–H groups in total. The smallest absolute Gasteiger partial charge is 0.310 e. The third kappa shape index (κ3) is 62.5. The number of hydrogen-bond donors (Lipinski definition) is 0. The van der Waals surface area contributed by atoms with Crippen LogP contribution in [-0.4, -0.2) is 37.2 Å². The molecule has 0 aliphatic carbocycles. The lowest BCUT2D eigenvalue weighted by molar-refractivity contribution is -0.166. The van der Waals surface area contributed by atoms with Crippen molar-refractivity contribution in [2.75, 3.05) is 13.2 Å². The number of allylic oxidation sites excluding steroid dienone is 19. The Morgan fingerprint density at radius 3 is 0.870 bits per heavy atom. The molecular formula is C71H118O6. The van der Waals surface area contributed by atoms with Gasteiger partial charge in [0.05, 0.1) is 6.42 Å². The van der Waals surface area contributed by atoms with Crippen molar-refractivity contribution in [3.8, 4) is 0 Å². The number of ether oxygens (including phenoxy) is 3. The summed E-state index contributed by atoms with van der Waals surface area (Å²) in [7, 11) is 0. The number of rotatable bonds is 57. The second-order valence-electron chi connectivity index (χ2n) is 20.9. The normalized spacial score (nSPS) is 12.9. The van der Waals surface area contributed by atoms with Crippen molar-refractivity contribution >= 4 is 17.9 Å². The van der Waals surface area contributed by atoms with Gasteiger partial charge in [-0.15, -0.1) is 0 Å². The van der Waals surface area contributed by atoms with Gasteiger partial charge in [-0.3, -0.25) is 14.4 Å². The first kappa shape index (κ1) is 72.8. The highest BCUT2D eigenvalue weighted by atomic mass is 16.6. The fourth-order valence-corrected chi connectivity index (χ4v) is 8.74. The zero-order chi connectivity index (χ0) is 55.7. The third-order valence-corrected chi connectivity index (χ3v) is 13.5. The zero-order valence-electron chi connectivity index (χ0n) is 50.2. The Labute approximate surface area is 475 Å². The number of esters is 3. The molecule has 0 aromatic heterocycles. The van der Waals surface area contributed by atoms with Gasteiger partial charge in [-0.2, -0.15) is 0 Å². The Hall–Kier alpha value is -4.19. The minimum atomic E-state index is -0.838. The topological polar surface area (TPSA) is 78.9 Å². The molecule has 0 saturated heterocycles. The lowest BCUT2D eigenvalue weighted by atomic mass is 10.0. The minimum absolute atomic E-state index is 0.0934. The maximum Gasteiger partial charge on any atom is 0.310 e. The van der Waals surface area contributed by atoms with Crippen LogP contribution in [-0.2, 0) is 28.6 Å². The Balaban J connectivity index is 4.31. The van der Waals surface area contributed by atoms with E-state index in [9.17, 15) is 14.4 Å². The molecule has 6 heteroatoms. The van der Waals surface area contributed by atoms with E-state index in [0.717, 1.165) is 109 Å². The van der Waals surface area contributed by atoms with Crippen LogP contribution in [0.3, 0.4) is 0 Å². The van der Waals surface area contributed by atoms with Crippen LogP contribution in [0, 0.1) is 0 Å². The molecule has 438 valence electrons. The van der Waals surface area contributed by atoms with E-state index in [-0.39, 0.29) is 31.6 Å². The van der Waals surface area contributed by atoms with E-state index < -0.39 is 12.1 Å². The Morgan fingerprint density at radius 2 is 0.545 bits per heavy atom. The van der Waals surface area contributed by atoms with Crippen molar-refractivity contribution in [1.82, 2.24) is 0 Å². The number of unbranched alkanes of at least 4 members (excludes halogenated alkanes) is 27. The first-order valence-corrected chi connectivity index (χ1v) is 32.0. The predicted molar refractivity (Wildman–Crippen MR) is 334 cm³/mol. The van der Waals surface area contributed by atoms with Crippen molar-refractivity contribution in [3.63, 3.8) is 0 Å². The summed E-state index contributed by atoms with van der Waals surface area (Å²) in [5.74, 6) is -1.05. The van der Waals surface area contributed by atoms with Crippen LogP contribution in [0.25, 0.3) is 0 Å². The van der Waals surface area contributed by atoms with Gasteiger partial charge in [0.25, 0.3) is 0 Å². The molecule has 0 aromatic rings. The number of carbonyl (C=O) groups is 3. The van der Waals surface area contributed by atoms with Gasteiger partial charge in [0.2, 0.25) is 0 Å². The molecule has 0 heterocycles. The van der Waals surface area contributed by atoms with Crippen LogP contribution < -0.4 is 0 Å². The van der Waals surface area contributed by atoms with Gasteiger partial charge in [-0.25, -0.2) is 0 Å². The average molecular weight is 1070 g/mol. The summed E-state index contributed by atoms with van der Waals surface area (Å²) in [6.07, 6.45) is 89.6. The Kier molecular flexibility index (Phi) is 60.8. The zero-order valence-corrected chi connectivity index (χ0v) is 50.2. The van der Waals surface area contributed by atoms with Crippen molar-refractivity contribution < 1.29 is 28.6 Å². The minimum Gasteiger partial charge on any atom is -0.462 e. The molecule has 0 rings (SSSR count). The summed E-state index contributed by atoms with van der Waals surface area (Å²) < 4.78 is 16.8.